The van der Waals surface area contributed by atoms with Gasteiger partial charge < -0.3 is 10.5 Å². The molecule has 0 aliphatic heterocycles. The van der Waals surface area contributed by atoms with Crippen LogP contribution in [-0.2, 0) is 16.0 Å². The van der Waals surface area contributed by atoms with Crippen molar-refractivity contribution < 1.29 is 9.53 Å². The molecule has 0 aliphatic rings. The van der Waals surface area contributed by atoms with Crippen LogP contribution >= 0.6 is 0 Å². The van der Waals surface area contributed by atoms with E-state index >= 15 is 0 Å². The summed E-state index contributed by atoms with van der Waals surface area (Å²) in [6.07, 6.45) is 0.496. The van der Waals surface area contributed by atoms with Crippen molar-refractivity contribution >= 4 is 16.9 Å². The molecule has 112 valence electrons. The van der Waals surface area contributed by atoms with Gasteiger partial charge in [0.2, 0.25) is 0 Å². The van der Waals surface area contributed by atoms with E-state index in [1.807, 2.05) is 57.2 Å². The molecular formula is C17H22N2O2. The lowest BCUT2D eigenvalue weighted by Crippen LogP contribution is -2.33. The summed E-state index contributed by atoms with van der Waals surface area (Å²) in [5.74, 6) is -0.627. The number of nitrogens with two attached hydrogens (primary N) is 1. The third-order valence-electron chi connectivity index (χ3n) is 3.14. The maximum absolute atomic E-state index is 12.1. The number of pyridine rings is 1. The molecule has 1 atom stereocenters. The van der Waals surface area contributed by atoms with E-state index in [2.05, 4.69) is 4.98 Å². The zero-order valence-corrected chi connectivity index (χ0v) is 12.8. The Kier molecular flexibility index (Phi) is 4.58. The Bertz CT molecular complexity index is 632. The lowest BCUT2D eigenvalue weighted by molar-refractivity contribution is -0.159. The van der Waals surface area contributed by atoms with Crippen molar-refractivity contribution in [1.29, 1.82) is 0 Å². The Morgan fingerprint density at radius 3 is 2.62 bits per heavy atom. The summed E-state index contributed by atoms with van der Waals surface area (Å²) >= 11 is 0. The van der Waals surface area contributed by atoms with Crippen molar-refractivity contribution in [2.24, 2.45) is 11.7 Å². The van der Waals surface area contributed by atoms with Gasteiger partial charge in [0.15, 0.2) is 0 Å². The summed E-state index contributed by atoms with van der Waals surface area (Å²) in [6, 6.07) is 11.9. The summed E-state index contributed by atoms with van der Waals surface area (Å²) in [7, 11) is 0. The van der Waals surface area contributed by atoms with E-state index in [1.165, 1.54) is 0 Å². The monoisotopic (exact) mass is 286 g/mol. The smallest absolute Gasteiger partial charge is 0.311 e. The molecule has 0 bridgehead atoms. The van der Waals surface area contributed by atoms with Crippen molar-refractivity contribution in [2.45, 2.75) is 32.8 Å². The van der Waals surface area contributed by atoms with Crippen LogP contribution in [0.4, 0.5) is 0 Å². The molecule has 1 heterocycles. The maximum Gasteiger partial charge on any atom is 0.311 e. The molecule has 2 rings (SSSR count). The van der Waals surface area contributed by atoms with Crippen LogP contribution in [0.5, 0.6) is 0 Å². The van der Waals surface area contributed by atoms with Crippen LogP contribution in [0.1, 0.15) is 26.5 Å². The highest BCUT2D eigenvalue weighted by molar-refractivity contribution is 5.78. The van der Waals surface area contributed by atoms with Crippen LogP contribution in [0.3, 0.4) is 0 Å². The number of carbonyl (C=O) groups is 1. The molecule has 0 saturated carbocycles. The minimum atomic E-state index is -0.499. The third-order valence-corrected chi connectivity index (χ3v) is 3.14. The normalized spacial score (nSPS) is 13.1. The number of hydrogen-bond donors (Lipinski definition) is 1. The third kappa shape index (κ3) is 4.26. The van der Waals surface area contributed by atoms with Crippen LogP contribution in [0.2, 0.25) is 0 Å². The number of carbonyl (C=O) groups excluding carboxylic acids is 1. The summed E-state index contributed by atoms with van der Waals surface area (Å²) < 4.78 is 5.40. The number of para-hydroxylation sites is 1. The van der Waals surface area contributed by atoms with E-state index in [0.717, 1.165) is 16.6 Å². The fourth-order valence-electron chi connectivity index (χ4n) is 2.12. The summed E-state index contributed by atoms with van der Waals surface area (Å²) in [6.45, 7) is 5.82. The number of fused-ring (bicyclic) bond motifs is 1. The first-order chi connectivity index (χ1) is 9.89. The fourth-order valence-corrected chi connectivity index (χ4v) is 2.12. The van der Waals surface area contributed by atoms with Crippen LogP contribution < -0.4 is 5.73 Å². The van der Waals surface area contributed by atoms with E-state index in [0.29, 0.717) is 6.42 Å². The van der Waals surface area contributed by atoms with Crippen molar-refractivity contribution in [1.82, 2.24) is 4.98 Å². The SMILES string of the molecule is CC(C)(C)OC(=O)C(CN)Cc1ccc2ccccc2n1. The Morgan fingerprint density at radius 2 is 1.95 bits per heavy atom. The van der Waals surface area contributed by atoms with Crippen LogP contribution in [0.25, 0.3) is 10.9 Å². The first kappa shape index (κ1) is 15.4. The van der Waals surface area contributed by atoms with Crippen molar-refractivity contribution in [3.63, 3.8) is 0 Å². The zero-order valence-electron chi connectivity index (χ0n) is 12.8. The summed E-state index contributed by atoms with van der Waals surface area (Å²) in [5, 5.41) is 1.09. The van der Waals surface area contributed by atoms with Crippen molar-refractivity contribution in [3.05, 3.63) is 42.1 Å². The average Bonchev–Trinajstić information content (AvgIpc) is 2.42. The molecule has 2 aromatic rings. The molecule has 0 radical (unpaired) electrons. The van der Waals surface area contributed by atoms with Gasteiger partial charge in [0.05, 0.1) is 11.4 Å². The van der Waals surface area contributed by atoms with Gasteiger partial charge in [0, 0.05) is 24.0 Å². The number of nitrogens with zero attached hydrogens (tertiary/aromatic N) is 1. The van der Waals surface area contributed by atoms with Crippen LogP contribution in [-0.4, -0.2) is 23.1 Å². The first-order valence-corrected chi connectivity index (χ1v) is 7.16. The molecule has 0 saturated heterocycles. The van der Waals surface area contributed by atoms with Gasteiger partial charge in [0.25, 0.3) is 0 Å². The molecule has 1 aromatic carbocycles. The van der Waals surface area contributed by atoms with Gasteiger partial charge in [-0.05, 0) is 32.9 Å². The predicted molar refractivity (Wildman–Crippen MR) is 83.8 cm³/mol. The Morgan fingerprint density at radius 1 is 1.24 bits per heavy atom. The number of hydrogen-bond acceptors (Lipinski definition) is 4. The van der Waals surface area contributed by atoms with Crippen molar-refractivity contribution in [2.75, 3.05) is 6.54 Å². The van der Waals surface area contributed by atoms with Crippen LogP contribution in [0.15, 0.2) is 36.4 Å². The summed E-state index contributed by atoms with van der Waals surface area (Å²) in [4.78, 5) is 16.7. The van der Waals surface area contributed by atoms with Crippen LogP contribution in [0, 0.1) is 5.92 Å². The van der Waals surface area contributed by atoms with E-state index in [9.17, 15) is 4.79 Å². The van der Waals surface area contributed by atoms with Gasteiger partial charge >= 0.3 is 5.97 Å². The largest absolute Gasteiger partial charge is 0.460 e. The Hall–Kier alpha value is -1.94. The van der Waals surface area contributed by atoms with Gasteiger partial charge in [-0.15, -0.1) is 0 Å². The lowest BCUT2D eigenvalue weighted by Gasteiger charge is -2.23. The molecule has 1 unspecified atom stereocenters. The van der Waals surface area contributed by atoms with Crippen molar-refractivity contribution in [3.8, 4) is 0 Å². The quantitative estimate of drug-likeness (QED) is 0.878. The second kappa shape index (κ2) is 6.22. The van der Waals surface area contributed by atoms with E-state index < -0.39 is 5.60 Å². The minimum Gasteiger partial charge on any atom is -0.460 e. The van der Waals surface area contributed by atoms with Gasteiger partial charge in [-0.2, -0.15) is 0 Å². The minimum absolute atomic E-state index is 0.253. The molecule has 4 nitrogen and oxygen atoms in total. The number of ether oxygens (including phenoxy) is 1. The maximum atomic E-state index is 12.1. The highest BCUT2D eigenvalue weighted by Crippen LogP contribution is 2.17. The van der Waals surface area contributed by atoms with Gasteiger partial charge in [0.1, 0.15) is 5.60 Å². The van der Waals surface area contributed by atoms with Gasteiger partial charge in [-0.1, -0.05) is 24.3 Å². The lowest BCUT2D eigenvalue weighted by atomic mass is 10.0. The second-order valence-corrected chi connectivity index (χ2v) is 6.17. The zero-order chi connectivity index (χ0) is 15.5. The number of esters is 1. The molecule has 21 heavy (non-hydrogen) atoms. The van der Waals surface area contributed by atoms with E-state index in [4.69, 9.17) is 10.5 Å². The summed E-state index contributed by atoms with van der Waals surface area (Å²) in [5.41, 5.74) is 7.01. The molecule has 0 fully saturated rings. The molecule has 2 N–H and O–H groups in total. The van der Waals surface area contributed by atoms with E-state index in [1.54, 1.807) is 0 Å². The Balaban J connectivity index is 2.14. The van der Waals surface area contributed by atoms with Gasteiger partial charge in [-0.25, -0.2) is 0 Å². The average molecular weight is 286 g/mol. The molecule has 0 spiro atoms. The molecular weight excluding hydrogens is 264 g/mol. The predicted octanol–water partition coefficient (Wildman–Crippen LogP) is 2.69. The fraction of sp³-hybridized carbons (Fsp3) is 0.412. The topological polar surface area (TPSA) is 65.2 Å². The standard InChI is InChI=1S/C17H22N2O2/c1-17(2,3)21-16(20)13(11-18)10-14-9-8-12-6-4-5-7-15(12)19-14/h4-9,13H,10-11,18H2,1-3H3. The molecule has 4 heteroatoms. The van der Waals surface area contributed by atoms with E-state index in [-0.39, 0.29) is 18.4 Å². The Labute approximate surface area is 125 Å². The van der Waals surface area contributed by atoms with Gasteiger partial charge in [-0.3, -0.25) is 9.78 Å². The number of aromatic nitrogens is 1. The number of benzene rings is 1. The first-order valence-electron chi connectivity index (χ1n) is 7.16. The highest BCUT2D eigenvalue weighted by atomic mass is 16.6. The highest BCUT2D eigenvalue weighted by Gasteiger charge is 2.24. The molecule has 0 aliphatic carbocycles. The number of rotatable bonds is 4. The molecule has 1 aromatic heterocycles. The second-order valence-electron chi connectivity index (χ2n) is 6.17. The molecule has 0 amide bonds.